The Morgan fingerprint density at radius 2 is 2.07 bits per heavy atom. The number of halogens is 1. The van der Waals surface area contributed by atoms with Crippen LogP contribution in [0.25, 0.3) is 6.08 Å². The summed E-state index contributed by atoms with van der Waals surface area (Å²) in [6.45, 7) is 2.21. The van der Waals surface area contributed by atoms with E-state index in [2.05, 4.69) is 0 Å². The molecule has 0 radical (unpaired) electrons. The van der Waals surface area contributed by atoms with Crippen LogP contribution in [-0.2, 0) is 9.53 Å². The van der Waals surface area contributed by atoms with Gasteiger partial charge < -0.3 is 4.74 Å². The van der Waals surface area contributed by atoms with E-state index in [9.17, 15) is 4.79 Å². The third kappa shape index (κ3) is 3.49. The molecule has 14 heavy (non-hydrogen) atoms. The first-order valence-electron chi connectivity index (χ1n) is 4.33. The minimum Gasteiger partial charge on any atom is -0.462 e. The second-order valence-corrected chi connectivity index (χ2v) is 3.79. The number of carbonyl (C=O) groups excluding carboxylic acids is 1. The van der Waals surface area contributed by atoms with Gasteiger partial charge in [0.05, 0.1) is 10.2 Å². The standard InChI is InChI=1S/C11H11IO2/c1-2-14-11(13)10(12)8-9-6-4-3-5-7-9/h3-8H,2H2,1H3. The van der Waals surface area contributed by atoms with Gasteiger partial charge in [-0.05, 0) is 41.2 Å². The number of carbonyl (C=O) groups is 1. The number of hydrogen-bond donors (Lipinski definition) is 0. The number of ether oxygens (including phenoxy) is 1. The van der Waals surface area contributed by atoms with Crippen molar-refractivity contribution < 1.29 is 9.53 Å². The summed E-state index contributed by atoms with van der Waals surface area (Å²) in [5.41, 5.74) is 1.00. The topological polar surface area (TPSA) is 26.3 Å². The molecule has 0 amide bonds. The molecule has 0 aliphatic carbocycles. The van der Waals surface area contributed by atoms with E-state index in [0.717, 1.165) is 5.56 Å². The molecule has 0 aliphatic rings. The lowest BCUT2D eigenvalue weighted by atomic mass is 10.2. The van der Waals surface area contributed by atoms with E-state index in [0.29, 0.717) is 10.2 Å². The maximum atomic E-state index is 11.2. The maximum absolute atomic E-state index is 11.2. The SMILES string of the molecule is CCOC(=O)C(I)=Cc1ccccc1. The van der Waals surface area contributed by atoms with Gasteiger partial charge >= 0.3 is 5.97 Å². The molecule has 0 N–H and O–H groups in total. The van der Waals surface area contributed by atoms with Crippen LogP contribution in [0.2, 0.25) is 0 Å². The number of rotatable bonds is 3. The van der Waals surface area contributed by atoms with Gasteiger partial charge in [0.2, 0.25) is 0 Å². The highest BCUT2D eigenvalue weighted by Crippen LogP contribution is 2.14. The van der Waals surface area contributed by atoms with Crippen LogP contribution in [0, 0.1) is 0 Å². The first-order valence-corrected chi connectivity index (χ1v) is 5.41. The van der Waals surface area contributed by atoms with Crippen molar-refractivity contribution in [1.82, 2.24) is 0 Å². The van der Waals surface area contributed by atoms with Crippen LogP contribution in [-0.4, -0.2) is 12.6 Å². The van der Waals surface area contributed by atoms with E-state index in [1.54, 1.807) is 13.0 Å². The Labute approximate surface area is 97.1 Å². The van der Waals surface area contributed by atoms with Gasteiger partial charge in [-0.1, -0.05) is 30.3 Å². The quantitative estimate of drug-likeness (QED) is 0.487. The van der Waals surface area contributed by atoms with Crippen LogP contribution in [0.3, 0.4) is 0 Å². The van der Waals surface area contributed by atoms with Gasteiger partial charge in [0, 0.05) is 0 Å². The van der Waals surface area contributed by atoms with Gasteiger partial charge in [0.1, 0.15) is 0 Å². The average Bonchev–Trinajstić information content (AvgIpc) is 2.19. The Balaban J connectivity index is 2.74. The minimum absolute atomic E-state index is 0.267. The molecule has 0 spiro atoms. The van der Waals surface area contributed by atoms with Crippen molar-refractivity contribution in [2.75, 3.05) is 6.61 Å². The largest absolute Gasteiger partial charge is 0.462 e. The monoisotopic (exact) mass is 302 g/mol. The van der Waals surface area contributed by atoms with Gasteiger partial charge in [-0.15, -0.1) is 0 Å². The molecule has 2 nitrogen and oxygen atoms in total. The Hall–Kier alpha value is -0.840. The van der Waals surface area contributed by atoms with E-state index >= 15 is 0 Å². The highest BCUT2D eigenvalue weighted by atomic mass is 127. The third-order valence-corrected chi connectivity index (χ3v) is 2.32. The molecule has 1 aromatic rings. The molecular formula is C11H11IO2. The Morgan fingerprint density at radius 3 is 2.64 bits per heavy atom. The van der Waals surface area contributed by atoms with Crippen molar-refractivity contribution in [3.63, 3.8) is 0 Å². The second-order valence-electron chi connectivity index (χ2n) is 2.62. The van der Waals surface area contributed by atoms with Gasteiger partial charge in [-0.25, -0.2) is 4.79 Å². The van der Waals surface area contributed by atoms with Crippen LogP contribution < -0.4 is 0 Å². The molecule has 1 aromatic carbocycles. The molecule has 0 saturated heterocycles. The fraction of sp³-hybridized carbons (Fsp3) is 0.182. The fourth-order valence-electron chi connectivity index (χ4n) is 0.955. The molecule has 3 heteroatoms. The summed E-state index contributed by atoms with van der Waals surface area (Å²) in [6.07, 6.45) is 1.80. The van der Waals surface area contributed by atoms with Crippen molar-refractivity contribution in [3.8, 4) is 0 Å². The van der Waals surface area contributed by atoms with Crippen LogP contribution in [0.4, 0.5) is 0 Å². The minimum atomic E-state index is -0.267. The zero-order valence-electron chi connectivity index (χ0n) is 7.87. The Bertz CT molecular complexity index is 330. The van der Waals surface area contributed by atoms with E-state index in [1.165, 1.54) is 0 Å². The van der Waals surface area contributed by atoms with Gasteiger partial charge in [-0.2, -0.15) is 0 Å². The molecule has 0 bridgehead atoms. The number of esters is 1. The lowest BCUT2D eigenvalue weighted by Crippen LogP contribution is -2.02. The molecule has 0 aliphatic heterocycles. The maximum Gasteiger partial charge on any atom is 0.344 e. The van der Waals surface area contributed by atoms with Gasteiger partial charge in [0.15, 0.2) is 0 Å². The molecule has 74 valence electrons. The van der Waals surface area contributed by atoms with Crippen LogP contribution in [0.15, 0.2) is 33.9 Å². The lowest BCUT2D eigenvalue weighted by molar-refractivity contribution is -0.137. The van der Waals surface area contributed by atoms with Crippen molar-refractivity contribution in [3.05, 3.63) is 39.5 Å². The summed E-state index contributed by atoms with van der Waals surface area (Å²) in [5, 5.41) is 0. The normalized spacial score (nSPS) is 11.1. The first-order chi connectivity index (χ1) is 6.74. The fourth-order valence-corrected chi connectivity index (χ4v) is 1.47. The number of benzene rings is 1. The molecule has 0 fully saturated rings. The van der Waals surface area contributed by atoms with Crippen LogP contribution in [0.5, 0.6) is 0 Å². The summed E-state index contributed by atoms with van der Waals surface area (Å²) in [4.78, 5) is 11.2. The number of hydrogen-bond acceptors (Lipinski definition) is 2. The van der Waals surface area contributed by atoms with Crippen molar-refractivity contribution in [1.29, 1.82) is 0 Å². The predicted molar refractivity (Wildman–Crippen MR) is 65.1 cm³/mol. The summed E-state index contributed by atoms with van der Waals surface area (Å²) in [5.74, 6) is -0.267. The van der Waals surface area contributed by atoms with E-state index in [-0.39, 0.29) is 5.97 Å². The molecule has 0 aromatic heterocycles. The van der Waals surface area contributed by atoms with Crippen LogP contribution >= 0.6 is 22.6 Å². The molecule has 0 heterocycles. The molecular weight excluding hydrogens is 291 g/mol. The molecule has 0 saturated carbocycles. The van der Waals surface area contributed by atoms with E-state index < -0.39 is 0 Å². The van der Waals surface area contributed by atoms with Crippen LogP contribution in [0.1, 0.15) is 12.5 Å². The highest BCUT2D eigenvalue weighted by molar-refractivity contribution is 14.1. The second kappa shape index (κ2) is 5.80. The summed E-state index contributed by atoms with van der Waals surface area (Å²) in [6, 6.07) is 9.69. The van der Waals surface area contributed by atoms with Crippen molar-refractivity contribution in [2.24, 2.45) is 0 Å². The smallest absolute Gasteiger partial charge is 0.344 e. The van der Waals surface area contributed by atoms with E-state index in [1.807, 2.05) is 52.9 Å². The Morgan fingerprint density at radius 1 is 1.43 bits per heavy atom. The van der Waals surface area contributed by atoms with Gasteiger partial charge in [0.25, 0.3) is 0 Å². The zero-order valence-corrected chi connectivity index (χ0v) is 10.0. The zero-order chi connectivity index (χ0) is 10.4. The molecule has 0 unspecified atom stereocenters. The highest BCUT2D eigenvalue weighted by Gasteiger charge is 2.05. The molecule has 0 atom stereocenters. The summed E-state index contributed by atoms with van der Waals surface area (Å²) >= 11 is 1.98. The Kier molecular flexibility index (Phi) is 4.65. The predicted octanol–water partition coefficient (Wildman–Crippen LogP) is 3.03. The van der Waals surface area contributed by atoms with E-state index in [4.69, 9.17) is 4.74 Å². The van der Waals surface area contributed by atoms with Gasteiger partial charge in [-0.3, -0.25) is 0 Å². The van der Waals surface area contributed by atoms with Crippen molar-refractivity contribution in [2.45, 2.75) is 6.92 Å². The summed E-state index contributed by atoms with van der Waals surface area (Å²) in [7, 11) is 0. The summed E-state index contributed by atoms with van der Waals surface area (Å²) < 4.78 is 5.45. The average molecular weight is 302 g/mol. The molecule has 1 rings (SSSR count). The third-order valence-electron chi connectivity index (χ3n) is 1.56. The van der Waals surface area contributed by atoms with Crippen molar-refractivity contribution >= 4 is 34.6 Å². The first kappa shape index (κ1) is 11.2. The lowest BCUT2D eigenvalue weighted by Gasteiger charge is -1.99.